The molecule has 0 radical (unpaired) electrons. The maximum atomic E-state index is 12.5. The van der Waals surface area contributed by atoms with E-state index in [-0.39, 0.29) is 66.2 Å². The lowest BCUT2D eigenvalue weighted by molar-refractivity contribution is -0.130. The Balaban J connectivity index is 1.34. The van der Waals surface area contributed by atoms with E-state index in [1.165, 1.54) is 0 Å². The molecule has 0 aromatic heterocycles. The summed E-state index contributed by atoms with van der Waals surface area (Å²) in [7, 11) is 0. The van der Waals surface area contributed by atoms with E-state index in [2.05, 4.69) is 10.6 Å². The minimum Gasteiger partial charge on any atom is -0.507 e. The van der Waals surface area contributed by atoms with Crippen LogP contribution in [0.25, 0.3) is 6.08 Å². The number of phenols is 1. The van der Waals surface area contributed by atoms with Crippen LogP contribution in [0.3, 0.4) is 0 Å². The van der Waals surface area contributed by atoms with Gasteiger partial charge >= 0.3 is 5.97 Å². The minimum atomic E-state index is -0.612. The number of phenolic OH excluding ortho intramolecular Hbond substituents is 1. The summed E-state index contributed by atoms with van der Waals surface area (Å²) in [4.78, 5) is 62.2. The smallest absolute Gasteiger partial charge is 0.339 e. The van der Waals surface area contributed by atoms with Gasteiger partial charge in [0, 0.05) is 80.3 Å². The molecule has 1 saturated carbocycles. The second-order valence-electron chi connectivity index (χ2n) is 11.5. The predicted octanol–water partition coefficient (Wildman–Crippen LogP) is 3.63. The highest BCUT2D eigenvalue weighted by Gasteiger charge is 2.32. The van der Waals surface area contributed by atoms with Crippen LogP contribution in [0.15, 0.2) is 48.0 Å². The van der Waals surface area contributed by atoms with E-state index in [0.717, 1.165) is 18.5 Å². The van der Waals surface area contributed by atoms with Crippen molar-refractivity contribution in [3.05, 3.63) is 59.2 Å². The van der Waals surface area contributed by atoms with Crippen LogP contribution < -0.4 is 26.0 Å². The molecule has 0 unspecified atom stereocenters. The Morgan fingerprint density at radius 3 is 2.28 bits per heavy atom. The molecular formula is C35H45N5O7. The number of nitrogens with zero attached hydrogens (tertiary/aromatic N) is 1. The van der Waals surface area contributed by atoms with Crippen molar-refractivity contribution in [2.24, 2.45) is 11.7 Å². The van der Waals surface area contributed by atoms with Crippen LogP contribution in [-0.4, -0.2) is 66.5 Å². The number of hydrogen-bond donors (Lipinski definition) is 5. The quantitative estimate of drug-likeness (QED) is 0.0306. The molecule has 0 aliphatic heterocycles. The lowest BCUT2D eigenvalue weighted by Crippen LogP contribution is -2.34. The van der Waals surface area contributed by atoms with Crippen LogP contribution in [0.4, 0.5) is 5.69 Å². The number of amides is 2. The molecule has 2 amide bonds. The number of hydrogen-bond acceptors (Lipinski definition) is 9. The van der Waals surface area contributed by atoms with Crippen LogP contribution in [0.1, 0.15) is 76.3 Å². The zero-order valence-corrected chi connectivity index (χ0v) is 27.1. The minimum absolute atomic E-state index is 0.00171. The van der Waals surface area contributed by atoms with Gasteiger partial charge in [0.15, 0.2) is 0 Å². The van der Waals surface area contributed by atoms with Crippen LogP contribution in [0.2, 0.25) is 0 Å². The zero-order valence-electron chi connectivity index (χ0n) is 27.1. The first-order chi connectivity index (χ1) is 22.5. The summed E-state index contributed by atoms with van der Waals surface area (Å²) >= 11 is 0. The van der Waals surface area contributed by atoms with Crippen LogP contribution in [0.5, 0.6) is 11.5 Å². The normalized spacial score (nSPS) is 13.4. The number of nitrogens with two attached hydrogens (primary N) is 1. The number of benzene rings is 2. The number of likely N-dealkylation sites (N-methyl/N-ethyl adjacent to an activating group) is 1. The molecule has 1 aliphatic rings. The molecule has 1 fully saturated rings. The number of ether oxygens (including phenoxy) is 1. The van der Waals surface area contributed by atoms with Crippen molar-refractivity contribution in [2.45, 2.75) is 65.2 Å². The molecule has 0 spiro atoms. The molecule has 6 N–H and O–H groups in total. The maximum Gasteiger partial charge on any atom is 0.339 e. The number of rotatable bonds is 18. The van der Waals surface area contributed by atoms with E-state index in [1.807, 2.05) is 17.9 Å². The van der Waals surface area contributed by atoms with Gasteiger partial charge in [0.05, 0.1) is 5.92 Å². The molecule has 1 aliphatic carbocycles. The first-order valence-electron chi connectivity index (χ1n) is 16.0. The molecule has 0 bridgehead atoms. The van der Waals surface area contributed by atoms with Gasteiger partial charge in [0.2, 0.25) is 11.8 Å². The number of amidine groups is 1. The lowest BCUT2D eigenvalue weighted by Gasteiger charge is -2.24. The Kier molecular flexibility index (Phi) is 14.1. The largest absolute Gasteiger partial charge is 0.507 e. The molecule has 12 nitrogen and oxygen atoms in total. The van der Waals surface area contributed by atoms with Gasteiger partial charge in [-0.05, 0) is 75.6 Å². The summed E-state index contributed by atoms with van der Waals surface area (Å²) in [5.74, 6) is -1.31. The van der Waals surface area contributed by atoms with Crippen molar-refractivity contribution in [2.75, 3.05) is 31.1 Å². The molecule has 3 rings (SSSR count). The lowest BCUT2D eigenvalue weighted by atomic mass is 10.00. The summed E-state index contributed by atoms with van der Waals surface area (Å²) < 4.78 is 5.37. The summed E-state index contributed by atoms with van der Waals surface area (Å²) in [5.41, 5.74) is 7.48. The van der Waals surface area contributed by atoms with Gasteiger partial charge in [-0.3, -0.25) is 24.6 Å². The fraction of sp³-hybridized carbons (Fsp3) is 0.429. The molecule has 2 aromatic carbocycles. The van der Waals surface area contributed by atoms with Gasteiger partial charge in [-0.15, -0.1) is 0 Å². The van der Waals surface area contributed by atoms with Crippen LogP contribution >= 0.6 is 0 Å². The highest BCUT2D eigenvalue weighted by atomic mass is 16.5. The number of carbonyl (C=O) groups excluding carboxylic acids is 5. The topological polar surface area (TPSA) is 192 Å². The zero-order chi connectivity index (χ0) is 34.3. The van der Waals surface area contributed by atoms with Crippen molar-refractivity contribution in [1.29, 1.82) is 5.41 Å². The SMILES string of the molecule is CCN(CCNC(=O)CCCCCNC(=O)CCC1C(=O)CCC1=O)c1ccc(C=C(C)C(=O)Oc2ccc(C(=N)N)cc2)c(O)c1. The molecule has 252 valence electrons. The van der Waals surface area contributed by atoms with Gasteiger partial charge < -0.3 is 31.1 Å². The third kappa shape index (κ3) is 11.7. The molecular weight excluding hydrogens is 602 g/mol. The van der Waals surface area contributed by atoms with Gasteiger partial charge in [-0.1, -0.05) is 6.42 Å². The monoisotopic (exact) mass is 647 g/mol. The van der Waals surface area contributed by atoms with Gasteiger partial charge in [-0.25, -0.2) is 4.79 Å². The predicted molar refractivity (Wildman–Crippen MR) is 179 cm³/mol. The Morgan fingerprint density at radius 2 is 1.64 bits per heavy atom. The fourth-order valence-electron chi connectivity index (χ4n) is 5.20. The number of nitrogens with one attached hydrogen (secondary N) is 3. The van der Waals surface area contributed by atoms with Crippen molar-refractivity contribution >= 4 is 46.9 Å². The third-order valence-corrected chi connectivity index (χ3v) is 7.99. The first-order valence-corrected chi connectivity index (χ1v) is 16.0. The summed E-state index contributed by atoms with van der Waals surface area (Å²) in [5, 5.41) is 23.8. The van der Waals surface area contributed by atoms with E-state index in [1.54, 1.807) is 49.4 Å². The third-order valence-electron chi connectivity index (χ3n) is 7.99. The standard InChI is InChI=1S/C35H45N5O7/c1-3-40(20-19-39-32(44)7-5-4-6-18-38-33(45)17-14-28-29(41)15-16-30(28)42)26-11-8-25(31(43)22-26)21-23(2)35(46)47-27-12-9-24(10-13-27)34(36)37/h8-13,21-22,28,43H,3-7,14-20H2,1-2H3,(H3,36,37)(H,38,45)(H,39,44). The Morgan fingerprint density at radius 1 is 0.979 bits per heavy atom. The van der Waals surface area contributed by atoms with Crippen LogP contribution in [-0.2, 0) is 24.0 Å². The molecule has 0 heterocycles. The number of aromatic hydroxyl groups is 1. The molecule has 0 saturated heterocycles. The average Bonchev–Trinajstić information content (AvgIpc) is 3.37. The van der Waals surface area contributed by atoms with Crippen molar-refractivity contribution < 1.29 is 33.8 Å². The number of ketones is 2. The second-order valence-corrected chi connectivity index (χ2v) is 11.5. The Labute approximate surface area is 275 Å². The van der Waals surface area contributed by atoms with Crippen molar-refractivity contribution in [3.63, 3.8) is 0 Å². The Bertz CT molecular complexity index is 1470. The number of nitrogen functional groups attached to an aromatic ring is 1. The average molecular weight is 648 g/mol. The van der Waals surface area contributed by atoms with E-state index in [4.69, 9.17) is 15.9 Å². The van der Waals surface area contributed by atoms with E-state index in [9.17, 15) is 29.1 Å². The Hall–Kier alpha value is -5.00. The van der Waals surface area contributed by atoms with Crippen molar-refractivity contribution in [1.82, 2.24) is 10.6 Å². The fourth-order valence-corrected chi connectivity index (χ4v) is 5.20. The summed E-state index contributed by atoms with van der Waals surface area (Å²) in [6.07, 6.45) is 5.13. The van der Waals surface area contributed by atoms with E-state index in [0.29, 0.717) is 55.9 Å². The van der Waals surface area contributed by atoms with Gasteiger partial charge in [0.1, 0.15) is 28.9 Å². The van der Waals surface area contributed by atoms with E-state index >= 15 is 0 Å². The molecule has 12 heteroatoms. The number of carbonyl (C=O) groups is 5. The first kappa shape index (κ1) is 36.5. The maximum absolute atomic E-state index is 12.5. The summed E-state index contributed by atoms with van der Waals surface area (Å²) in [6, 6.07) is 11.4. The van der Waals surface area contributed by atoms with Gasteiger partial charge in [-0.2, -0.15) is 0 Å². The number of esters is 1. The van der Waals surface area contributed by atoms with Crippen molar-refractivity contribution in [3.8, 4) is 11.5 Å². The molecule has 2 aromatic rings. The highest BCUT2D eigenvalue weighted by molar-refractivity contribution is 6.08. The highest BCUT2D eigenvalue weighted by Crippen LogP contribution is 2.27. The summed E-state index contributed by atoms with van der Waals surface area (Å²) in [6.45, 7) is 5.66. The molecule has 47 heavy (non-hydrogen) atoms. The van der Waals surface area contributed by atoms with Crippen LogP contribution in [0, 0.1) is 11.3 Å². The van der Waals surface area contributed by atoms with E-state index < -0.39 is 11.9 Å². The molecule has 0 atom stereocenters. The van der Waals surface area contributed by atoms with Gasteiger partial charge in [0.25, 0.3) is 0 Å². The number of Topliss-reactive ketones (excluding diaryl/α,β-unsaturated/α-hetero) is 2. The number of anilines is 1. The number of unbranched alkanes of at least 4 members (excludes halogenated alkanes) is 2. The second kappa shape index (κ2) is 18.2.